The van der Waals surface area contributed by atoms with Crippen LogP contribution < -0.4 is 0 Å². The van der Waals surface area contributed by atoms with Crippen molar-refractivity contribution < 1.29 is 8.85 Å². The van der Waals surface area contributed by atoms with Gasteiger partial charge in [0.05, 0.1) is 0 Å². The van der Waals surface area contributed by atoms with Crippen molar-refractivity contribution in [3.05, 3.63) is 11.1 Å². The van der Waals surface area contributed by atoms with Crippen LogP contribution in [0.3, 0.4) is 0 Å². The monoisotopic (exact) mass is 226 g/mol. The Labute approximate surface area is 93.9 Å². The van der Waals surface area contributed by atoms with Gasteiger partial charge in [-0.25, -0.2) is 0 Å². The van der Waals surface area contributed by atoms with Crippen molar-refractivity contribution in [2.24, 2.45) is 11.8 Å². The molecular weight excluding hydrogens is 204 g/mol. The van der Waals surface area contributed by atoms with E-state index in [1.165, 1.54) is 19.3 Å². The Morgan fingerprint density at radius 2 is 1.80 bits per heavy atom. The third-order valence-electron chi connectivity index (χ3n) is 4.42. The molecule has 0 radical (unpaired) electrons. The molecule has 0 spiro atoms. The molecule has 0 aromatic rings. The highest BCUT2D eigenvalue weighted by Gasteiger charge is 2.41. The van der Waals surface area contributed by atoms with Crippen LogP contribution in [0.25, 0.3) is 0 Å². The largest absolute Gasteiger partial charge is 0.398 e. The molecule has 0 aliphatic heterocycles. The lowest BCUT2D eigenvalue weighted by atomic mass is 9.94. The lowest BCUT2D eigenvalue weighted by Gasteiger charge is -2.27. The molecule has 0 aromatic heterocycles. The first-order valence-corrected chi connectivity index (χ1v) is 8.42. The maximum Gasteiger partial charge on any atom is 0.338 e. The molecule has 0 heterocycles. The minimum Gasteiger partial charge on any atom is -0.398 e. The van der Waals surface area contributed by atoms with Gasteiger partial charge in [0.2, 0.25) is 0 Å². The molecule has 86 valence electrons. The van der Waals surface area contributed by atoms with Crippen LogP contribution in [-0.2, 0) is 8.85 Å². The zero-order chi connectivity index (χ0) is 11.1. The van der Waals surface area contributed by atoms with Crippen molar-refractivity contribution in [3.63, 3.8) is 0 Å². The van der Waals surface area contributed by atoms with Crippen LogP contribution in [0.2, 0.25) is 12.6 Å². The van der Waals surface area contributed by atoms with E-state index in [4.69, 9.17) is 8.85 Å². The van der Waals surface area contributed by atoms with Gasteiger partial charge in [0.1, 0.15) is 0 Å². The van der Waals surface area contributed by atoms with E-state index < -0.39 is 8.56 Å². The number of hydrogen-bond acceptors (Lipinski definition) is 2. The zero-order valence-corrected chi connectivity index (χ0v) is 11.3. The highest BCUT2D eigenvalue weighted by Crippen LogP contribution is 2.50. The molecule has 1 fully saturated rings. The van der Waals surface area contributed by atoms with Gasteiger partial charge in [0.25, 0.3) is 0 Å². The van der Waals surface area contributed by atoms with Crippen LogP contribution in [0.4, 0.5) is 0 Å². The summed E-state index contributed by atoms with van der Waals surface area (Å²) < 4.78 is 11.2. The van der Waals surface area contributed by atoms with E-state index in [-0.39, 0.29) is 0 Å². The van der Waals surface area contributed by atoms with E-state index in [1.807, 2.05) is 0 Å². The molecule has 2 aliphatic rings. The lowest BCUT2D eigenvalue weighted by Crippen LogP contribution is -2.37. The van der Waals surface area contributed by atoms with Gasteiger partial charge >= 0.3 is 8.56 Å². The van der Waals surface area contributed by atoms with Crippen LogP contribution in [0.15, 0.2) is 11.1 Å². The highest BCUT2D eigenvalue weighted by atomic mass is 28.4. The average Bonchev–Trinajstić information content (AvgIpc) is 2.82. The molecule has 2 bridgehead atoms. The second kappa shape index (κ2) is 4.04. The van der Waals surface area contributed by atoms with Gasteiger partial charge < -0.3 is 8.85 Å². The van der Waals surface area contributed by atoms with Crippen LogP contribution in [0, 0.1) is 11.8 Å². The topological polar surface area (TPSA) is 18.5 Å². The Morgan fingerprint density at radius 3 is 2.27 bits per heavy atom. The molecule has 0 unspecified atom stereocenters. The second-order valence-electron chi connectivity index (χ2n) is 5.13. The molecule has 0 N–H and O–H groups in total. The zero-order valence-electron chi connectivity index (χ0n) is 10.3. The van der Waals surface area contributed by atoms with Crippen molar-refractivity contribution in [1.29, 1.82) is 0 Å². The quantitative estimate of drug-likeness (QED) is 0.542. The van der Waals surface area contributed by atoms with Crippen molar-refractivity contribution in [1.82, 2.24) is 0 Å². The number of allylic oxidation sites excluding steroid dienone is 2. The van der Waals surface area contributed by atoms with Gasteiger partial charge in [-0.2, -0.15) is 0 Å². The number of fused-ring (bicyclic) bond motifs is 2. The average molecular weight is 226 g/mol. The standard InChI is InChI=1S/C12H22O2Si/c1-9-10-5-6-11(7-10)12(9)8-15(4,13-2)14-3/h10-11H,5-8H2,1-4H3/t10-,11+/m0/s1. The summed E-state index contributed by atoms with van der Waals surface area (Å²) in [5.74, 6) is 1.74. The predicted molar refractivity (Wildman–Crippen MR) is 64.0 cm³/mol. The normalized spacial score (nSPS) is 30.4. The van der Waals surface area contributed by atoms with Gasteiger partial charge in [0.15, 0.2) is 0 Å². The number of hydrogen-bond donors (Lipinski definition) is 0. The van der Waals surface area contributed by atoms with E-state index in [0.717, 1.165) is 17.9 Å². The number of rotatable bonds is 4. The third-order valence-corrected chi connectivity index (χ3v) is 7.17. The van der Waals surface area contributed by atoms with Crippen LogP contribution in [0.1, 0.15) is 26.2 Å². The molecule has 0 aromatic carbocycles. The summed E-state index contributed by atoms with van der Waals surface area (Å²) in [6, 6.07) is 1.08. The Kier molecular flexibility index (Phi) is 3.06. The molecule has 0 saturated heterocycles. The highest BCUT2D eigenvalue weighted by molar-refractivity contribution is 6.66. The van der Waals surface area contributed by atoms with E-state index in [9.17, 15) is 0 Å². The van der Waals surface area contributed by atoms with Crippen molar-refractivity contribution in [2.75, 3.05) is 14.2 Å². The maximum atomic E-state index is 5.59. The Bertz CT molecular complexity index is 281. The second-order valence-corrected chi connectivity index (χ2v) is 8.57. The Balaban J connectivity index is 2.12. The lowest BCUT2D eigenvalue weighted by molar-refractivity contribution is 0.251. The summed E-state index contributed by atoms with van der Waals surface area (Å²) in [6.45, 7) is 4.48. The maximum absolute atomic E-state index is 5.59. The van der Waals surface area contributed by atoms with Crippen LogP contribution in [-0.4, -0.2) is 22.8 Å². The Hall–Kier alpha value is -0.123. The fourth-order valence-electron chi connectivity index (χ4n) is 3.13. The summed E-state index contributed by atoms with van der Waals surface area (Å²) in [6.07, 6.45) is 4.21. The van der Waals surface area contributed by atoms with Crippen molar-refractivity contribution in [2.45, 2.75) is 38.8 Å². The van der Waals surface area contributed by atoms with E-state index >= 15 is 0 Å². The van der Waals surface area contributed by atoms with Crippen LogP contribution >= 0.6 is 0 Å². The Morgan fingerprint density at radius 1 is 1.20 bits per heavy atom. The molecule has 2 rings (SSSR count). The minimum absolute atomic E-state index is 0.854. The van der Waals surface area contributed by atoms with Crippen molar-refractivity contribution in [3.8, 4) is 0 Å². The molecule has 1 saturated carbocycles. The minimum atomic E-state index is -1.90. The van der Waals surface area contributed by atoms with Crippen molar-refractivity contribution >= 4 is 8.56 Å². The summed E-state index contributed by atoms with van der Waals surface area (Å²) >= 11 is 0. The molecule has 0 amide bonds. The summed E-state index contributed by atoms with van der Waals surface area (Å²) in [4.78, 5) is 0. The molecule has 2 atom stereocenters. The van der Waals surface area contributed by atoms with Gasteiger partial charge in [-0.3, -0.25) is 0 Å². The third kappa shape index (κ3) is 1.93. The summed E-state index contributed by atoms with van der Waals surface area (Å²) in [5.41, 5.74) is 3.32. The van der Waals surface area contributed by atoms with E-state index in [0.29, 0.717) is 0 Å². The smallest absolute Gasteiger partial charge is 0.338 e. The van der Waals surface area contributed by atoms with Gasteiger partial charge in [-0.1, -0.05) is 11.1 Å². The summed E-state index contributed by atoms with van der Waals surface area (Å²) in [7, 11) is 1.68. The predicted octanol–water partition coefficient (Wildman–Crippen LogP) is 3.10. The molecule has 2 aliphatic carbocycles. The molecule has 3 heteroatoms. The SMILES string of the molecule is CO[Si](C)(CC1=C(C)[C@H]2CC[C@@H]1C2)OC. The van der Waals surface area contributed by atoms with Gasteiger partial charge in [0, 0.05) is 20.3 Å². The first kappa shape index (κ1) is 11.4. The first-order chi connectivity index (χ1) is 7.09. The van der Waals surface area contributed by atoms with E-state index in [2.05, 4.69) is 13.5 Å². The first-order valence-electron chi connectivity index (χ1n) is 5.89. The molecule has 2 nitrogen and oxygen atoms in total. The van der Waals surface area contributed by atoms with Crippen LogP contribution in [0.5, 0.6) is 0 Å². The summed E-state index contributed by atoms with van der Waals surface area (Å²) in [5, 5.41) is 0. The van der Waals surface area contributed by atoms with E-state index in [1.54, 1.807) is 25.4 Å². The molecular formula is C12H22O2Si. The fraction of sp³-hybridized carbons (Fsp3) is 0.833. The van der Waals surface area contributed by atoms with Gasteiger partial charge in [-0.15, -0.1) is 0 Å². The van der Waals surface area contributed by atoms with Gasteiger partial charge in [-0.05, 0) is 44.6 Å². The molecule has 15 heavy (non-hydrogen) atoms. The fourth-order valence-corrected chi connectivity index (χ4v) is 4.85.